The van der Waals surface area contributed by atoms with E-state index in [-0.39, 0.29) is 0 Å². The van der Waals surface area contributed by atoms with Crippen molar-refractivity contribution in [1.82, 2.24) is 9.55 Å². The Kier molecular flexibility index (Phi) is 2.48. The Bertz CT molecular complexity index is 319. The van der Waals surface area contributed by atoms with Crippen LogP contribution in [0.15, 0.2) is 12.7 Å². The molecule has 0 radical (unpaired) electrons. The maximum Gasteiger partial charge on any atom is 0.136 e. The molecular weight excluding hydrogens is 148 g/mol. The van der Waals surface area contributed by atoms with Crippen molar-refractivity contribution in [2.45, 2.75) is 20.8 Å². The van der Waals surface area contributed by atoms with Crippen LogP contribution in [0, 0.1) is 13.8 Å². The molecule has 0 N–H and O–H groups in total. The molecule has 2 heteroatoms. The zero-order valence-electron chi connectivity index (χ0n) is 7.83. The minimum atomic E-state index is 0.906. The quantitative estimate of drug-likeness (QED) is 0.653. The van der Waals surface area contributed by atoms with Crippen LogP contribution in [0.5, 0.6) is 0 Å². The van der Waals surface area contributed by atoms with Crippen LogP contribution in [-0.2, 0) is 0 Å². The lowest BCUT2D eigenvalue weighted by atomic mass is 10.4. The van der Waals surface area contributed by atoms with E-state index in [9.17, 15) is 0 Å². The van der Waals surface area contributed by atoms with Crippen molar-refractivity contribution in [3.63, 3.8) is 0 Å². The number of aromatic nitrogens is 2. The molecular formula is C10H14N2. The molecule has 0 saturated heterocycles. The third kappa shape index (κ3) is 1.33. The van der Waals surface area contributed by atoms with E-state index in [1.165, 1.54) is 5.69 Å². The van der Waals surface area contributed by atoms with Crippen molar-refractivity contribution in [2.24, 2.45) is 0 Å². The lowest BCUT2D eigenvalue weighted by Gasteiger charge is -1.98. The highest BCUT2D eigenvalue weighted by molar-refractivity contribution is 5.45. The van der Waals surface area contributed by atoms with Gasteiger partial charge in [-0.25, -0.2) is 4.98 Å². The highest BCUT2D eigenvalue weighted by atomic mass is 15.1. The molecule has 0 aromatic carbocycles. The van der Waals surface area contributed by atoms with Crippen LogP contribution in [0.4, 0.5) is 0 Å². The number of nitrogens with zero attached hydrogens (tertiary/aromatic N) is 2. The van der Waals surface area contributed by atoms with E-state index in [0.29, 0.717) is 0 Å². The van der Waals surface area contributed by atoms with Gasteiger partial charge >= 0.3 is 0 Å². The van der Waals surface area contributed by atoms with Gasteiger partial charge in [0, 0.05) is 11.9 Å². The summed E-state index contributed by atoms with van der Waals surface area (Å²) in [5.74, 6) is 0.906. The van der Waals surface area contributed by atoms with Gasteiger partial charge in [0.25, 0.3) is 0 Å². The summed E-state index contributed by atoms with van der Waals surface area (Å²) in [5.41, 5.74) is 2.23. The number of imidazole rings is 1. The van der Waals surface area contributed by atoms with Gasteiger partial charge in [0.15, 0.2) is 0 Å². The fourth-order valence-electron chi connectivity index (χ4n) is 1.13. The number of aryl methyl sites for hydroxylation is 1. The van der Waals surface area contributed by atoms with Crippen molar-refractivity contribution in [3.8, 4) is 0 Å². The summed E-state index contributed by atoms with van der Waals surface area (Å²) < 4.78 is 2.03. The van der Waals surface area contributed by atoms with Crippen molar-refractivity contribution in [1.29, 1.82) is 0 Å². The van der Waals surface area contributed by atoms with E-state index < -0.39 is 0 Å². The fourth-order valence-corrected chi connectivity index (χ4v) is 1.13. The molecule has 2 nitrogen and oxygen atoms in total. The fraction of sp³-hybridized carbons (Fsp3) is 0.300. The third-order valence-electron chi connectivity index (χ3n) is 1.89. The van der Waals surface area contributed by atoms with Crippen LogP contribution < -0.4 is 0 Å². The largest absolute Gasteiger partial charge is 0.304 e. The molecule has 0 amide bonds. The van der Waals surface area contributed by atoms with Crippen molar-refractivity contribution >= 4 is 12.3 Å². The summed E-state index contributed by atoms with van der Waals surface area (Å²) in [5, 5.41) is 0. The van der Waals surface area contributed by atoms with Crippen LogP contribution in [0.2, 0.25) is 0 Å². The predicted molar refractivity (Wildman–Crippen MR) is 52.8 cm³/mol. The van der Waals surface area contributed by atoms with Gasteiger partial charge in [-0.1, -0.05) is 12.7 Å². The Morgan fingerprint density at radius 3 is 2.58 bits per heavy atom. The van der Waals surface area contributed by atoms with Gasteiger partial charge in [-0.05, 0) is 26.8 Å². The minimum Gasteiger partial charge on any atom is -0.304 e. The normalized spacial score (nSPS) is 10.9. The predicted octanol–water partition coefficient (Wildman–Crippen LogP) is 2.63. The maximum absolute atomic E-state index is 4.34. The molecule has 0 bridgehead atoms. The molecule has 0 atom stereocenters. The number of hydrogen-bond acceptors (Lipinski definition) is 1. The van der Waals surface area contributed by atoms with Gasteiger partial charge in [-0.15, -0.1) is 0 Å². The first kappa shape index (κ1) is 8.78. The Hall–Kier alpha value is -1.31. The molecule has 0 fully saturated rings. The molecule has 1 rings (SSSR count). The third-order valence-corrected chi connectivity index (χ3v) is 1.89. The molecule has 1 aromatic rings. The first-order valence-corrected chi connectivity index (χ1v) is 4.01. The smallest absolute Gasteiger partial charge is 0.136 e. The molecule has 0 unspecified atom stereocenters. The lowest BCUT2D eigenvalue weighted by Crippen LogP contribution is -1.91. The lowest BCUT2D eigenvalue weighted by molar-refractivity contribution is 1.05. The second-order valence-electron chi connectivity index (χ2n) is 2.70. The Morgan fingerprint density at radius 1 is 1.42 bits per heavy atom. The van der Waals surface area contributed by atoms with E-state index in [2.05, 4.69) is 18.5 Å². The highest BCUT2D eigenvalue weighted by Gasteiger charge is 2.04. The van der Waals surface area contributed by atoms with Crippen molar-refractivity contribution in [2.75, 3.05) is 0 Å². The maximum atomic E-state index is 4.34. The van der Waals surface area contributed by atoms with Crippen molar-refractivity contribution < 1.29 is 0 Å². The summed E-state index contributed by atoms with van der Waals surface area (Å²) in [6, 6.07) is 0. The summed E-state index contributed by atoms with van der Waals surface area (Å²) in [4.78, 5) is 4.34. The summed E-state index contributed by atoms with van der Waals surface area (Å²) >= 11 is 0. The molecule has 0 saturated carbocycles. The highest BCUT2D eigenvalue weighted by Crippen LogP contribution is 2.11. The van der Waals surface area contributed by atoms with Gasteiger partial charge in [0.1, 0.15) is 5.82 Å². The van der Waals surface area contributed by atoms with Gasteiger partial charge in [0.05, 0.1) is 5.69 Å². The van der Waals surface area contributed by atoms with E-state index in [4.69, 9.17) is 0 Å². The van der Waals surface area contributed by atoms with Crippen LogP contribution >= 0.6 is 0 Å². The molecule has 0 aliphatic heterocycles. The summed E-state index contributed by atoms with van der Waals surface area (Å²) in [6.45, 7) is 9.75. The SMILES string of the molecule is C=Cc1nc(C)c(C)n1/C=C\C. The van der Waals surface area contributed by atoms with Crippen LogP contribution in [0.25, 0.3) is 12.3 Å². The summed E-state index contributed by atoms with van der Waals surface area (Å²) in [6.07, 6.45) is 5.74. The van der Waals surface area contributed by atoms with Crippen molar-refractivity contribution in [3.05, 3.63) is 29.9 Å². The van der Waals surface area contributed by atoms with E-state index in [1.54, 1.807) is 6.08 Å². The number of hydrogen-bond donors (Lipinski definition) is 0. The van der Waals surface area contributed by atoms with E-state index >= 15 is 0 Å². The first-order valence-electron chi connectivity index (χ1n) is 4.01. The zero-order valence-corrected chi connectivity index (χ0v) is 7.83. The van der Waals surface area contributed by atoms with Crippen LogP contribution in [0.3, 0.4) is 0 Å². The van der Waals surface area contributed by atoms with Gasteiger partial charge in [-0.2, -0.15) is 0 Å². The van der Waals surface area contributed by atoms with Crippen LogP contribution in [0.1, 0.15) is 24.1 Å². The second-order valence-corrected chi connectivity index (χ2v) is 2.70. The minimum absolute atomic E-state index is 0.906. The Morgan fingerprint density at radius 2 is 2.08 bits per heavy atom. The molecule has 1 aromatic heterocycles. The first-order chi connectivity index (χ1) is 5.70. The van der Waals surface area contributed by atoms with E-state index in [0.717, 1.165) is 11.5 Å². The van der Waals surface area contributed by atoms with Gasteiger partial charge in [-0.3, -0.25) is 0 Å². The van der Waals surface area contributed by atoms with E-state index in [1.807, 2.05) is 30.7 Å². The molecule has 12 heavy (non-hydrogen) atoms. The Balaban J connectivity index is 3.30. The summed E-state index contributed by atoms with van der Waals surface area (Å²) in [7, 11) is 0. The standard InChI is InChI=1S/C10H14N2/c1-5-7-12-9(4)8(3)11-10(12)6-2/h5-7H,2H2,1,3-4H3/b7-5-. The molecule has 0 aliphatic carbocycles. The van der Waals surface area contributed by atoms with Gasteiger partial charge in [0.2, 0.25) is 0 Å². The molecule has 0 spiro atoms. The zero-order chi connectivity index (χ0) is 9.14. The molecule has 64 valence electrons. The average molecular weight is 162 g/mol. The Labute approximate surface area is 73.2 Å². The topological polar surface area (TPSA) is 17.8 Å². The van der Waals surface area contributed by atoms with Crippen LogP contribution in [-0.4, -0.2) is 9.55 Å². The number of rotatable bonds is 2. The molecule has 0 aliphatic rings. The monoisotopic (exact) mass is 162 g/mol. The molecule has 1 heterocycles. The van der Waals surface area contributed by atoms with Gasteiger partial charge < -0.3 is 4.57 Å². The average Bonchev–Trinajstić information content (AvgIpc) is 2.33. The second kappa shape index (κ2) is 3.39. The number of allylic oxidation sites excluding steroid dienone is 1.